The van der Waals surface area contributed by atoms with Crippen LogP contribution in [-0.4, -0.2) is 38.0 Å². The van der Waals surface area contributed by atoms with Gasteiger partial charge in [0.15, 0.2) is 12.6 Å². The van der Waals surface area contributed by atoms with Crippen LogP contribution in [0, 0.1) is 0 Å². The van der Waals surface area contributed by atoms with E-state index in [4.69, 9.17) is 18.9 Å². The van der Waals surface area contributed by atoms with Crippen molar-refractivity contribution in [2.45, 2.75) is 90.0 Å². The average molecular weight is 286 g/mol. The van der Waals surface area contributed by atoms with Gasteiger partial charge in [-0.1, -0.05) is 38.5 Å². The first-order valence-corrected chi connectivity index (χ1v) is 8.31. The molecular weight excluding hydrogens is 256 g/mol. The van der Waals surface area contributed by atoms with E-state index in [0.29, 0.717) is 12.2 Å². The summed E-state index contributed by atoms with van der Waals surface area (Å²) in [5.74, 6) is 0. The van der Waals surface area contributed by atoms with E-state index in [0.717, 1.165) is 13.2 Å². The number of rotatable bonds is 13. The molecule has 0 N–H and O–H groups in total. The molecule has 2 aliphatic heterocycles. The van der Waals surface area contributed by atoms with Gasteiger partial charge in [-0.05, 0) is 26.7 Å². The maximum absolute atomic E-state index is 5.52. The van der Waals surface area contributed by atoms with Crippen molar-refractivity contribution >= 4 is 0 Å². The summed E-state index contributed by atoms with van der Waals surface area (Å²) in [7, 11) is 0. The molecule has 0 bridgehead atoms. The van der Waals surface area contributed by atoms with Crippen molar-refractivity contribution in [1.29, 1.82) is 0 Å². The van der Waals surface area contributed by atoms with E-state index >= 15 is 0 Å². The zero-order valence-electron chi connectivity index (χ0n) is 13.0. The number of unbranched alkanes of at least 4 members (excludes halogenated alkanes) is 7. The second kappa shape index (κ2) is 8.98. The molecule has 4 nitrogen and oxygen atoms in total. The zero-order chi connectivity index (χ0) is 14.2. The van der Waals surface area contributed by atoms with Gasteiger partial charge in [0.05, 0.1) is 0 Å². The molecule has 2 heterocycles. The second-order valence-corrected chi connectivity index (χ2v) is 5.99. The van der Waals surface area contributed by atoms with Crippen molar-refractivity contribution in [3.8, 4) is 0 Å². The normalized spacial score (nSPS) is 31.5. The summed E-state index contributed by atoms with van der Waals surface area (Å²) in [5, 5.41) is 0. The van der Waals surface area contributed by atoms with Gasteiger partial charge in [0, 0.05) is 13.2 Å². The van der Waals surface area contributed by atoms with Crippen LogP contribution in [0.25, 0.3) is 0 Å². The lowest BCUT2D eigenvalue weighted by Crippen LogP contribution is -2.00. The SMILES string of the molecule is CC1OC1OCCCCCCCCCCOC1OC1C. The van der Waals surface area contributed by atoms with Crippen LogP contribution in [-0.2, 0) is 18.9 Å². The van der Waals surface area contributed by atoms with Crippen LogP contribution in [0.4, 0.5) is 0 Å². The van der Waals surface area contributed by atoms with Crippen molar-refractivity contribution in [2.24, 2.45) is 0 Å². The Kier molecular flexibility index (Phi) is 7.28. The maximum Gasteiger partial charge on any atom is 0.184 e. The Bertz CT molecular complexity index is 233. The monoisotopic (exact) mass is 286 g/mol. The van der Waals surface area contributed by atoms with E-state index in [9.17, 15) is 0 Å². The van der Waals surface area contributed by atoms with Crippen LogP contribution >= 0.6 is 0 Å². The molecule has 2 fully saturated rings. The summed E-state index contributed by atoms with van der Waals surface area (Å²) in [5.41, 5.74) is 0. The van der Waals surface area contributed by atoms with E-state index in [-0.39, 0.29) is 12.6 Å². The van der Waals surface area contributed by atoms with Crippen molar-refractivity contribution in [3.63, 3.8) is 0 Å². The highest BCUT2D eigenvalue weighted by Crippen LogP contribution is 2.23. The minimum absolute atomic E-state index is 0.0984. The van der Waals surface area contributed by atoms with Gasteiger partial charge in [0.25, 0.3) is 0 Å². The number of epoxide rings is 2. The van der Waals surface area contributed by atoms with Crippen LogP contribution in [0.15, 0.2) is 0 Å². The fraction of sp³-hybridized carbons (Fsp3) is 1.00. The fourth-order valence-electron chi connectivity index (χ4n) is 2.35. The number of hydrogen-bond acceptors (Lipinski definition) is 4. The van der Waals surface area contributed by atoms with E-state index in [1.54, 1.807) is 0 Å². The van der Waals surface area contributed by atoms with Gasteiger partial charge in [-0.3, -0.25) is 0 Å². The molecule has 0 radical (unpaired) electrons. The van der Waals surface area contributed by atoms with Gasteiger partial charge in [-0.25, -0.2) is 0 Å². The van der Waals surface area contributed by atoms with Crippen LogP contribution in [0.5, 0.6) is 0 Å². The topological polar surface area (TPSA) is 43.5 Å². The third-order valence-corrected chi connectivity index (χ3v) is 3.91. The first kappa shape index (κ1) is 16.2. The van der Waals surface area contributed by atoms with Crippen molar-refractivity contribution < 1.29 is 18.9 Å². The highest BCUT2D eigenvalue weighted by atomic mass is 16.8. The number of ether oxygens (including phenoxy) is 4. The van der Waals surface area contributed by atoms with Crippen molar-refractivity contribution in [2.75, 3.05) is 13.2 Å². The minimum atomic E-state index is 0.0984. The third kappa shape index (κ3) is 7.02. The summed E-state index contributed by atoms with van der Waals surface area (Å²) in [4.78, 5) is 0. The first-order chi connectivity index (χ1) is 9.77. The Labute approximate surface area is 123 Å². The molecule has 118 valence electrons. The molecule has 2 rings (SSSR count). The molecule has 0 saturated carbocycles. The van der Waals surface area contributed by atoms with E-state index < -0.39 is 0 Å². The summed E-state index contributed by atoms with van der Waals surface area (Å²) in [6.45, 7) is 5.81. The highest BCUT2D eigenvalue weighted by Gasteiger charge is 2.35. The Morgan fingerprint density at radius 1 is 0.600 bits per heavy atom. The Morgan fingerprint density at radius 3 is 1.20 bits per heavy atom. The quantitative estimate of drug-likeness (QED) is 0.383. The van der Waals surface area contributed by atoms with Gasteiger partial charge in [-0.2, -0.15) is 0 Å². The zero-order valence-corrected chi connectivity index (χ0v) is 13.0. The van der Waals surface area contributed by atoms with E-state index in [1.807, 2.05) is 13.8 Å². The van der Waals surface area contributed by atoms with Crippen LogP contribution in [0.1, 0.15) is 65.2 Å². The van der Waals surface area contributed by atoms with Gasteiger partial charge in [-0.15, -0.1) is 0 Å². The molecule has 2 saturated heterocycles. The van der Waals surface area contributed by atoms with Crippen molar-refractivity contribution in [3.05, 3.63) is 0 Å². The molecule has 0 aromatic rings. The predicted molar refractivity (Wildman–Crippen MR) is 77.5 cm³/mol. The largest absolute Gasteiger partial charge is 0.350 e. The summed E-state index contributed by atoms with van der Waals surface area (Å²) in [6.07, 6.45) is 11.1. The molecule has 4 atom stereocenters. The average Bonchev–Trinajstić information content (AvgIpc) is 3.31. The highest BCUT2D eigenvalue weighted by molar-refractivity contribution is 4.70. The standard InChI is InChI=1S/C16H30O4/c1-13-15(19-13)17-11-9-7-5-3-4-6-8-10-12-18-16-14(2)20-16/h13-16H,3-12H2,1-2H3. The van der Waals surface area contributed by atoms with Crippen LogP contribution in [0.3, 0.4) is 0 Å². The molecule has 0 spiro atoms. The maximum atomic E-state index is 5.52. The molecule has 0 amide bonds. The Morgan fingerprint density at radius 2 is 0.900 bits per heavy atom. The molecular formula is C16H30O4. The van der Waals surface area contributed by atoms with Gasteiger partial charge < -0.3 is 18.9 Å². The first-order valence-electron chi connectivity index (χ1n) is 8.31. The Balaban J connectivity index is 1.21. The minimum Gasteiger partial charge on any atom is -0.350 e. The molecule has 20 heavy (non-hydrogen) atoms. The molecule has 2 aliphatic rings. The van der Waals surface area contributed by atoms with E-state index in [2.05, 4.69) is 0 Å². The molecule has 4 heteroatoms. The van der Waals surface area contributed by atoms with Crippen molar-refractivity contribution in [1.82, 2.24) is 0 Å². The fourth-order valence-corrected chi connectivity index (χ4v) is 2.35. The summed E-state index contributed by atoms with van der Waals surface area (Å²) in [6, 6.07) is 0. The molecule has 0 aromatic heterocycles. The summed E-state index contributed by atoms with van der Waals surface area (Å²) < 4.78 is 21.4. The molecule has 4 unspecified atom stereocenters. The second-order valence-electron chi connectivity index (χ2n) is 5.99. The summed E-state index contributed by atoms with van der Waals surface area (Å²) >= 11 is 0. The van der Waals surface area contributed by atoms with Gasteiger partial charge in [0.2, 0.25) is 0 Å². The molecule has 0 aliphatic carbocycles. The van der Waals surface area contributed by atoms with Crippen LogP contribution in [0.2, 0.25) is 0 Å². The van der Waals surface area contributed by atoms with Gasteiger partial charge >= 0.3 is 0 Å². The van der Waals surface area contributed by atoms with Crippen LogP contribution < -0.4 is 0 Å². The smallest absolute Gasteiger partial charge is 0.184 e. The number of hydrogen-bond donors (Lipinski definition) is 0. The lowest BCUT2D eigenvalue weighted by molar-refractivity contribution is 0.0472. The third-order valence-electron chi connectivity index (χ3n) is 3.91. The van der Waals surface area contributed by atoms with E-state index in [1.165, 1.54) is 51.4 Å². The lowest BCUT2D eigenvalue weighted by atomic mass is 10.1. The Hall–Kier alpha value is -0.160. The molecule has 0 aromatic carbocycles. The predicted octanol–water partition coefficient (Wildman–Crippen LogP) is 3.63. The van der Waals surface area contributed by atoms with Gasteiger partial charge in [0.1, 0.15) is 12.2 Å². The lowest BCUT2D eigenvalue weighted by Gasteiger charge is -2.03.